The van der Waals surface area contributed by atoms with Crippen LogP contribution >= 0.6 is 0 Å². The van der Waals surface area contributed by atoms with Gasteiger partial charge < -0.3 is 4.57 Å². The van der Waals surface area contributed by atoms with Gasteiger partial charge in [-0.25, -0.2) is 19.9 Å². The number of hydrogen-bond donors (Lipinski definition) is 0. The molecule has 0 saturated heterocycles. The van der Waals surface area contributed by atoms with Crippen LogP contribution in [0.5, 0.6) is 0 Å². The fourth-order valence-corrected chi connectivity index (χ4v) is 9.09. The predicted molar refractivity (Wildman–Crippen MR) is 260 cm³/mol. The number of hydrogen-bond acceptors (Lipinski definition) is 4. The first-order valence-electron chi connectivity index (χ1n) is 21.2. The Morgan fingerprint density at radius 3 is 1.25 bits per heavy atom. The van der Waals surface area contributed by atoms with Gasteiger partial charge in [0.05, 0.1) is 22.2 Å². The minimum Gasteiger partial charge on any atom is -0.307 e. The summed E-state index contributed by atoms with van der Waals surface area (Å²) >= 11 is 0. The lowest BCUT2D eigenvalue weighted by Gasteiger charge is -2.15. The van der Waals surface area contributed by atoms with Crippen LogP contribution in [0.25, 0.3) is 117 Å². The second-order valence-electron chi connectivity index (χ2n) is 15.8. The van der Waals surface area contributed by atoms with Crippen molar-refractivity contribution in [2.24, 2.45) is 0 Å². The molecule has 63 heavy (non-hydrogen) atoms. The normalized spacial score (nSPS) is 11.5. The molecule has 0 unspecified atom stereocenters. The SMILES string of the molecule is c1ccc(-c2nc(-c3ccccc3)nc(-c3ccc(-c4ccc(-c5ccc(-n6c7ccccc7c7c8ccccc8nc(-c8ccccc8)c76)cc5)c5ccccc45)cc3)n2)cc1. The first-order chi connectivity index (χ1) is 31.2. The molecule has 0 bridgehead atoms. The molecule has 0 saturated carbocycles. The average molecular weight is 804 g/mol. The van der Waals surface area contributed by atoms with E-state index in [9.17, 15) is 0 Å². The molecule has 3 heterocycles. The van der Waals surface area contributed by atoms with Crippen LogP contribution in [-0.2, 0) is 0 Å². The van der Waals surface area contributed by atoms with Crippen molar-refractivity contribution in [3.63, 3.8) is 0 Å². The first-order valence-corrected chi connectivity index (χ1v) is 21.2. The van der Waals surface area contributed by atoms with Gasteiger partial charge in [0.1, 0.15) is 0 Å². The van der Waals surface area contributed by atoms with Crippen LogP contribution in [0.2, 0.25) is 0 Å². The molecule has 5 nitrogen and oxygen atoms in total. The van der Waals surface area contributed by atoms with Crippen molar-refractivity contribution in [3.05, 3.63) is 224 Å². The van der Waals surface area contributed by atoms with Crippen LogP contribution in [0.1, 0.15) is 0 Å². The molecule has 3 aromatic heterocycles. The number of aromatic nitrogens is 5. The second-order valence-corrected chi connectivity index (χ2v) is 15.8. The molecule has 0 aliphatic rings. The van der Waals surface area contributed by atoms with E-state index in [-0.39, 0.29) is 0 Å². The van der Waals surface area contributed by atoms with Gasteiger partial charge in [0.15, 0.2) is 17.5 Å². The summed E-state index contributed by atoms with van der Waals surface area (Å²) in [5.41, 5.74) is 13.9. The first kappa shape index (κ1) is 36.3. The van der Waals surface area contributed by atoms with Gasteiger partial charge in [-0.05, 0) is 57.3 Å². The van der Waals surface area contributed by atoms with Crippen LogP contribution in [0, 0.1) is 0 Å². The molecule has 0 radical (unpaired) electrons. The average Bonchev–Trinajstić information content (AvgIpc) is 3.72. The van der Waals surface area contributed by atoms with Gasteiger partial charge in [0.25, 0.3) is 0 Å². The highest BCUT2D eigenvalue weighted by Crippen LogP contribution is 2.42. The molecule has 12 rings (SSSR count). The van der Waals surface area contributed by atoms with Gasteiger partial charge in [-0.1, -0.05) is 200 Å². The molecule has 0 amide bonds. The number of rotatable bonds is 7. The van der Waals surface area contributed by atoms with Crippen molar-refractivity contribution < 1.29 is 0 Å². The Hall–Kier alpha value is -8.54. The number of benzene rings is 9. The smallest absolute Gasteiger partial charge is 0.164 e. The maximum Gasteiger partial charge on any atom is 0.164 e. The number of para-hydroxylation sites is 2. The Bertz CT molecular complexity index is 3580. The topological polar surface area (TPSA) is 56.5 Å². The summed E-state index contributed by atoms with van der Waals surface area (Å²) in [7, 11) is 0. The predicted octanol–water partition coefficient (Wildman–Crippen LogP) is 14.7. The fraction of sp³-hybridized carbons (Fsp3) is 0. The third kappa shape index (κ3) is 6.34. The Morgan fingerprint density at radius 2 is 0.698 bits per heavy atom. The van der Waals surface area contributed by atoms with Gasteiger partial charge in [0.2, 0.25) is 0 Å². The third-order valence-corrected chi connectivity index (χ3v) is 12.1. The highest BCUT2D eigenvalue weighted by Gasteiger charge is 2.21. The zero-order valence-electron chi connectivity index (χ0n) is 34.1. The molecule has 0 atom stereocenters. The highest BCUT2D eigenvalue weighted by molar-refractivity contribution is 6.23. The molecular weight excluding hydrogens is 767 g/mol. The molecule has 0 fully saturated rings. The quantitative estimate of drug-likeness (QED) is 0.161. The highest BCUT2D eigenvalue weighted by atomic mass is 15.0. The molecular formula is C58H37N5. The van der Waals surface area contributed by atoms with E-state index < -0.39 is 0 Å². The second kappa shape index (κ2) is 15.2. The minimum absolute atomic E-state index is 0.639. The Labute approximate surface area is 364 Å². The molecule has 5 heteroatoms. The van der Waals surface area contributed by atoms with Crippen LogP contribution in [0.15, 0.2) is 224 Å². The molecule has 12 aromatic rings. The number of nitrogens with zero attached hydrogens (tertiary/aromatic N) is 5. The standard InChI is InChI=1S/C58H37N5/c1-4-16-40(17-5-1)54-55-53(49-24-12-14-26-51(49)59-54)50-25-13-15-27-52(50)63(55)44-34-32-39(33-35-44)46-37-36-45(47-22-10-11-23-48(46)47)38-28-30-43(31-29-38)58-61-56(41-18-6-2-7-19-41)60-57(62-58)42-20-8-3-9-21-42/h1-37H. The van der Waals surface area contributed by atoms with E-state index in [2.05, 4.69) is 168 Å². The zero-order chi connectivity index (χ0) is 41.7. The van der Waals surface area contributed by atoms with Crippen molar-refractivity contribution in [1.82, 2.24) is 24.5 Å². The summed E-state index contributed by atoms with van der Waals surface area (Å²) in [6.45, 7) is 0. The number of fused-ring (bicyclic) bond motifs is 6. The molecule has 0 aliphatic heterocycles. The van der Waals surface area contributed by atoms with Crippen LogP contribution in [0.4, 0.5) is 0 Å². The van der Waals surface area contributed by atoms with Crippen LogP contribution in [0.3, 0.4) is 0 Å². The van der Waals surface area contributed by atoms with Gasteiger partial charge in [-0.15, -0.1) is 0 Å². The van der Waals surface area contributed by atoms with Gasteiger partial charge in [-0.2, -0.15) is 0 Å². The minimum atomic E-state index is 0.639. The van der Waals surface area contributed by atoms with Crippen LogP contribution < -0.4 is 0 Å². The van der Waals surface area contributed by atoms with E-state index >= 15 is 0 Å². The summed E-state index contributed by atoms with van der Waals surface area (Å²) in [4.78, 5) is 20.1. The van der Waals surface area contributed by atoms with E-state index in [0.717, 1.165) is 66.7 Å². The van der Waals surface area contributed by atoms with Crippen LogP contribution in [-0.4, -0.2) is 24.5 Å². The molecule has 0 N–H and O–H groups in total. The van der Waals surface area contributed by atoms with Crippen molar-refractivity contribution in [1.29, 1.82) is 0 Å². The molecule has 0 spiro atoms. The van der Waals surface area contributed by atoms with Crippen molar-refractivity contribution >= 4 is 43.5 Å². The van der Waals surface area contributed by atoms with Gasteiger partial charge in [0, 0.05) is 44.1 Å². The Morgan fingerprint density at radius 1 is 0.286 bits per heavy atom. The lowest BCUT2D eigenvalue weighted by Crippen LogP contribution is -2.00. The van der Waals surface area contributed by atoms with E-state index in [0.29, 0.717) is 17.5 Å². The van der Waals surface area contributed by atoms with Gasteiger partial charge >= 0.3 is 0 Å². The fourth-order valence-electron chi connectivity index (χ4n) is 9.09. The lowest BCUT2D eigenvalue weighted by molar-refractivity contribution is 1.07. The largest absolute Gasteiger partial charge is 0.307 e. The summed E-state index contributed by atoms with van der Waals surface area (Å²) in [5.74, 6) is 1.94. The summed E-state index contributed by atoms with van der Waals surface area (Å²) in [5, 5.41) is 5.97. The van der Waals surface area contributed by atoms with Crippen molar-refractivity contribution in [3.8, 4) is 73.4 Å². The zero-order valence-corrected chi connectivity index (χ0v) is 34.1. The maximum absolute atomic E-state index is 5.31. The molecule has 0 aliphatic carbocycles. The van der Waals surface area contributed by atoms with E-state index in [4.69, 9.17) is 19.9 Å². The summed E-state index contributed by atoms with van der Waals surface area (Å²) < 4.78 is 2.39. The summed E-state index contributed by atoms with van der Waals surface area (Å²) in [6, 6.07) is 78.7. The van der Waals surface area contributed by atoms with E-state index in [1.54, 1.807) is 0 Å². The van der Waals surface area contributed by atoms with Crippen molar-refractivity contribution in [2.45, 2.75) is 0 Å². The Balaban J connectivity index is 0.932. The molecule has 294 valence electrons. The van der Waals surface area contributed by atoms with Crippen molar-refractivity contribution in [2.75, 3.05) is 0 Å². The van der Waals surface area contributed by atoms with E-state index in [1.807, 2.05) is 60.7 Å². The van der Waals surface area contributed by atoms with E-state index in [1.165, 1.54) is 32.7 Å². The Kier molecular flexibility index (Phi) is 8.75. The maximum atomic E-state index is 5.31. The molecule has 9 aromatic carbocycles. The monoisotopic (exact) mass is 803 g/mol. The third-order valence-electron chi connectivity index (χ3n) is 12.1. The summed E-state index contributed by atoms with van der Waals surface area (Å²) in [6.07, 6.45) is 0. The lowest BCUT2D eigenvalue weighted by atomic mass is 9.92. The van der Waals surface area contributed by atoms with Gasteiger partial charge in [-0.3, -0.25) is 0 Å². The number of pyridine rings is 1.